The molecule has 4 aromatic rings. The molecular weight excluding hydrogens is 932 g/mol. The lowest BCUT2D eigenvalue weighted by Crippen LogP contribution is -2.58. The van der Waals surface area contributed by atoms with Crippen molar-refractivity contribution in [3.63, 3.8) is 0 Å². The van der Waals surface area contributed by atoms with Crippen molar-refractivity contribution >= 4 is 34.6 Å². The lowest BCUT2D eigenvalue weighted by molar-refractivity contribution is -0.144. The number of hydrogen-bond donors (Lipinski definition) is 3. The van der Waals surface area contributed by atoms with E-state index in [1.54, 1.807) is 11.3 Å². The zero-order chi connectivity index (χ0) is 51.2. The average molecular weight is 1000 g/mol. The van der Waals surface area contributed by atoms with Gasteiger partial charge in [0.25, 0.3) is 0 Å². The number of rotatable bonds is 21. The molecule has 3 N–H and O–H groups in total. The summed E-state index contributed by atoms with van der Waals surface area (Å²) < 4.78 is 64.4. The molecule has 0 unspecified atom stereocenters. The smallest absolute Gasteiger partial charge is 0.246 e. The molecule has 6 atom stereocenters. The fourth-order valence-electron chi connectivity index (χ4n) is 9.99. The fourth-order valence-corrected chi connectivity index (χ4v) is 10.8. The van der Waals surface area contributed by atoms with Gasteiger partial charge in [-0.15, -0.1) is 11.3 Å². The van der Waals surface area contributed by atoms with E-state index in [2.05, 4.69) is 21.7 Å². The van der Waals surface area contributed by atoms with Gasteiger partial charge in [-0.1, -0.05) is 69.3 Å². The monoisotopic (exact) mass is 1000 g/mol. The van der Waals surface area contributed by atoms with Gasteiger partial charge in [-0.2, -0.15) is 0 Å². The first-order valence-corrected chi connectivity index (χ1v) is 25.7. The van der Waals surface area contributed by atoms with Crippen LogP contribution in [0.3, 0.4) is 0 Å². The van der Waals surface area contributed by atoms with Crippen molar-refractivity contribution in [2.45, 2.75) is 136 Å². The normalized spacial score (nSPS) is 20.1. The van der Waals surface area contributed by atoms with Crippen molar-refractivity contribution in [3.8, 4) is 16.2 Å². The van der Waals surface area contributed by atoms with E-state index in [1.807, 2.05) is 94.4 Å². The number of aromatic nitrogens is 1. The van der Waals surface area contributed by atoms with E-state index in [1.165, 1.54) is 30.9 Å². The van der Waals surface area contributed by atoms with Gasteiger partial charge in [0.15, 0.2) is 0 Å². The topological polar surface area (TPSA) is 143 Å². The van der Waals surface area contributed by atoms with Crippen LogP contribution < -0.4 is 15.4 Å². The number of thiazole rings is 1. The number of ether oxygens (including phenoxy) is 3. The van der Waals surface area contributed by atoms with Crippen LogP contribution in [0.25, 0.3) is 16.0 Å². The summed E-state index contributed by atoms with van der Waals surface area (Å²) in [5.74, 6) is -2.69. The molecule has 3 heterocycles. The first-order valence-electron chi connectivity index (χ1n) is 24.8. The maximum Gasteiger partial charge on any atom is 0.246 e. The number of carbonyl (C=O) groups excluding carboxylic acids is 3. The molecule has 16 heteroatoms. The summed E-state index contributed by atoms with van der Waals surface area (Å²) in [6.07, 6.45) is 2.14. The summed E-state index contributed by atoms with van der Waals surface area (Å²) in [5.41, 5.74) is 6.53. The van der Waals surface area contributed by atoms with Gasteiger partial charge in [0, 0.05) is 63.1 Å². The Hall–Kier alpha value is -5.13. The molecule has 3 aromatic carbocycles. The number of β-amino-alcohol motifs (C(OH)–C–C–N with tert-alkyl or cyclic N) is 1. The zero-order valence-electron chi connectivity index (χ0n) is 42.3. The van der Waals surface area contributed by atoms with Gasteiger partial charge >= 0.3 is 0 Å². The minimum Gasteiger partial charge on any atom is -0.493 e. The predicted molar refractivity (Wildman–Crippen MR) is 269 cm³/mol. The van der Waals surface area contributed by atoms with Crippen LogP contribution in [0.1, 0.15) is 121 Å². The number of hydrogen-bond acceptors (Lipinski definition) is 10. The van der Waals surface area contributed by atoms with Gasteiger partial charge in [0.1, 0.15) is 41.7 Å². The molecule has 12 nitrogen and oxygen atoms in total. The number of nitrogens with zero attached hydrogens (tertiary/aromatic N) is 3. The van der Waals surface area contributed by atoms with Crippen LogP contribution in [0.5, 0.6) is 5.75 Å². The standard InChI is InChI=1S/C55H70F3N5O7S/c1-33-24-42-41-15-10-9-14-38(41)25-43(42)49(63(33)31-55(7,8)58)48-44(56)27-40(28-45(48)57)70-23-12-11-20-68-21-13-22-69-30-47(65)61-51(54(4,5)6)53(67)62-29-39(64)26-46(62)52(66)60-34(2)36-16-18-37(19-17-36)50-35(3)59-32-71-50/h9-10,14-19,27-28,32-34,39,46,49,51,64H,11-13,20-26,29-31H2,1-8H3,(H,60,66)(H,61,65)/t33-,34+,39-,46+,49+,51-/m1/s1. The van der Waals surface area contributed by atoms with E-state index >= 15 is 13.2 Å². The molecule has 3 aliphatic rings. The molecule has 1 aliphatic carbocycles. The molecule has 2 aliphatic heterocycles. The van der Waals surface area contributed by atoms with E-state index in [0.29, 0.717) is 45.3 Å². The number of alkyl halides is 1. The molecule has 1 fully saturated rings. The van der Waals surface area contributed by atoms with E-state index in [0.717, 1.165) is 44.0 Å². The molecule has 0 saturated carbocycles. The highest BCUT2D eigenvalue weighted by Gasteiger charge is 2.46. The SMILES string of the molecule is Cc1ncsc1-c1ccc([C@H](C)NC(=O)[C@@H]2C[C@@H](O)CN2C(=O)[C@@H](NC(=O)COCCCOCCCCOc2cc(F)c([C@@H]3C4=C(C[C@@H](C)N3CC(C)(C)F)c3ccccc3C4)c(F)c2)C(C)(C)C)cc1. The number of fused-ring (bicyclic) bond motifs is 2. The number of carbonyl (C=O) groups is 3. The van der Waals surface area contributed by atoms with Crippen molar-refractivity contribution in [1.82, 2.24) is 25.4 Å². The minimum atomic E-state index is -1.57. The van der Waals surface area contributed by atoms with Crippen molar-refractivity contribution in [3.05, 3.63) is 111 Å². The highest BCUT2D eigenvalue weighted by molar-refractivity contribution is 7.13. The van der Waals surface area contributed by atoms with Crippen molar-refractivity contribution in [1.29, 1.82) is 0 Å². The molecule has 1 aromatic heterocycles. The van der Waals surface area contributed by atoms with Gasteiger partial charge in [-0.05, 0) is 106 Å². The Labute approximate surface area is 420 Å². The summed E-state index contributed by atoms with van der Waals surface area (Å²) in [6, 6.07) is 15.2. The van der Waals surface area contributed by atoms with Gasteiger partial charge in [-0.3, -0.25) is 19.3 Å². The molecule has 0 radical (unpaired) electrons. The van der Waals surface area contributed by atoms with Gasteiger partial charge in [-0.25, -0.2) is 18.2 Å². The van der Waals surface area contributed by atoms with Crippen LogP contribution in [0.4, 0.5) is 13.2 Å². The first kappa shape index (κ1) is 53.7. The quantitative estimate of drug-likeness (QED) is 0.0697. The number of halogens is 3. The Morgan fingerprint density at radius 2 is 1.61 bits per heavy atom. The second-order valence-corrected chi connectivity index (χ2v) is 21.8. The molecule has 384 valence electrons. The van der Waals surface area contributed by atoms with Crippen molar-refractivity contribution in [2.75, 3.05) is 46.1 Å². The van der Waals surface area contributed by atoms with Crippen LogP contribution in [0.15, 0.2) is 71.7 Å². The minimum absolute atomic E-state index is 0.0293. The Kier molecular flexibility index (Phi) is 17.5. The number of aliphatic hydroxyl groups excluding tert-OH is 1. The highest BCUT2D eigenvalue weighted by Crippen LogP contribution is 2.50. The second kappa shape index (κ2) is 23.2. The third kappa shape index (κ3) is 13.3. The molecule has 3 amide bonds. The highest BCUT2D eigenvalue weighted by atomic mass is 32.1. The van der Waals surface area contributed by atoms with E-state index < -0.39 is 58.8 Å². The molecule has 0 spiro atoms. The Balaban J connectivity index is 0.812. The molecule has 71 heavy (non-hydrogen) atoms. The lowest BCUT2D eigenvalue weighted by atomic mass is 9.84. The van der Waals surface area contributed by atoms with Crippen LogP contribution in [0, 0.1) is 24.0 Å². The fraction of sp³-hybridized carbons (Fsp3) is 0.527. The maximum absolute atomic E-state index is 16.1. The van der Waals surface area contributed by atoms with Gasteiger partial charge < -0.3 is 34.9 Å². The van der Waals surface area contributed by atoms with E-state index in [9.17, 15) is 19.5 Å². The molecule has 7 rings (SSSR count). The van der Waals surface area contributed by atoms with Crippen molar-refractivity contribution in [2.24, 2.45) is 5.41 Å². The number of nitrogens with one attached hydrogen (secondary N) is 2. The number of aryl methyl sites for hydroxylation is 1. The average Bonchev–Trinajstić information content (AvgIpc) is 4.03. The van der Waals surface area contributed by atoms with E-state index in [-0.39, 0.29) is 68.6 Å². The lowest BCUT2D eigenvalue weighted by Gasteiger charge is -2.44. The maximum atomic E-state index is 16.1. The van der Waals surface area contributed by atoms with E-state index in [4.69, 9.17) is 14.2 Å². The summed E-state index contributed by atoms with van der Waals surface area (Å²) in [5, 5.41) is 16.5. The third-order valence-corrected chi connectivity index (χ3v) is 14.5. The summed E-state index contributed by atoms with van der Waals surface area (Å²) >= 11 is 1.57. The van der Waals surface area contributed by atoms with Crippen LogP contribution in [0.2, 0.25) is 0 Å². The Bertz CT molecular complexity index is 2520. The molecular formula is C55H70F3N5O7S. The van der Waals surface area contributed by atoms with Gasteiger partial charge in [0.2, 0.25) is 17.7 Å². The number of aliphatic hydroxyl groups is 1. The molecule has 0 bridgehead atoms. The first-order chi connectivity index (χ1) is 33.7. The Morgan fingerprint density at radius 3 is 2.28 bits per heavy atom. The summed E-state index contributed by atoms with van der Waals surface area (Å²) in [7, 11) is 0. The van der Waals surface area contributed by atoms with Crippen molar-refractivity contribution < 1.29 is 46.9 Å². The third-order valence-electron chi connectivity index (χ3n) is 13.5. The van der Waals surface area contributed by atoms with Gasteiger partial charge in [0.05, 0.1) is 40.9 Å². The molecule has 1 saturated heterocycles. The predicted octanol–water partition coefficient (Wildman–Crippen LogP) is 9.24. The second-order valence-electron chi connectivity index (χ2n) is 20.9. The number of amides is 3. The van der Waals surface area contributed by atoms with Crippen LogP contribution >= 0.6 is 11.3 Å². The number of unbranched alkanes of at least 4 members (excludes halogenated alkanes) is 1. The number of likely N-dealkylation sites (tertiary alicyclic amines) is 1. The van der Waals surface area contributed by atoms with Crippen LogP contribution in [-0.2, 0) is 30.3 Å². The largest absolute Gasteiger partial charge is 0.493 e. The van der Waals surface area contributed by atoms with Crippen LogP contribution in [-0.4, -0.2) is 114 Å². The zero-order valence-corrected chi connectivity index (χ0v) is 43.1. The number of benzene rings is 3. The summed E-state index contributed by atoms with van der Waals surface area (Å²) in [6.45, 7) is 15.2. The summed E-state index contributed by atoms with van der Waals surface area (Å²) in [4.78, 5) is 49.5. The Morgan fingerprint density at radius 1 is 0.930 bits per heavy atom.